The molecule has 0 amide bonds. The van der Waals surface area contributed by atoms with E-state index in [-0.39, 0.29) is 0 Å². The van der Waals surface area contributed by atoms with E-state index >= 15 is 0 Å². The molecule has 130 valence electrons. The normalized spacial score (nSPS) is 14.3. The molecule has 0 spiro atoms. The minimum absolute atomic E-state index is 0.606. The van der Waals surface area contributed by atoms with Crippen molar-refractivity contribution in [2.75, 3.05) is 31.1 Å². The Kier molecular flexibility index (Phi) is 6.53. The standard InChI is InChI=1S/C19H23BN2O2S/c20-11-3-15-24-17-6-8-18(9-7-17)25(23)21-12-14-22-13-10-16-4-1-2-5-19(16)22/h1-2,4-9,21H,3,10-15H2. The molecular formula is C19H23BN2O2S. The van der Waals surface area contributed by atoms with Crippen LogP contribution in [0.1, 0.15) is 12.0 Å². The van der Waals surface area contributed by atoms with Crippen LogP contribution in [0.25, 0.3) is 0 Å². The second-order valence-electron chi connectivity index (χ2n) is 5.99. The van der Waals surface area contributed by atoms with Crippen LogP contribution in [0.2, 0.25) is 6.32 Å². The number of rotatable bonds is 9. The van der Waals surface area contributed by atoms with Crippen LogP contribution in [0.5, 0.6) is 5.75 Å². The first-order valence-electron chi connectivity index (χ1n) is 8.69. The zero-order valence-corrected chi connectivity index (χ0v) is 15.1. The van der Waals surface area contributed by atoms with Crippen LogP contribution >= 0.6 is 0 Å². The number of ether oxygens (including phenoxy) is 1. The van der Waals surface area contributed by atoms with E-state index < -0.39 is 11.0 Å². The van der Waals surface area contributed by atoms with Gasteiger partial charge in [-0.1, -0.05) is 24.5 Å². The maximum Gasteiger partial charge on any atom is 0.124 e. The van der Waals surface area contributed by atoms with E-state index in [2.05, 4.69) is 33.9 Å². The summed E-state index contributed by atoms with van der Waals surface area (Å²) in [4.78, 5) is 3.10. The molecule has 0 aliphatic carbocycles. The summed E-state index contributed by atoms with van der Waals surface area (Å²) in [7, 11) is 4.23. The lowest BCUT2D eigenvalue weighted by molar-refractivity contribution is 0.317. The van der Waals surface area contributed by atoms with Crippen LogP contribution in [-0.2, 0) is 17.4 Å². The molecule has 0 saturated carbocycles. The molecule has 1 atom stereocenters. The third kappa shape index (κ3) is 4.86. The Morgan fingerprint density at radius 2 is 1.96 bits per heavy atom. The van der Waals surface area contributed by atoms with Gasteiger partial charge in [-0.2, -0.15) is 0 Å². The van der Waals surface area contributed by atoms with Gasteiger partial charge in [-0.3, -0.25) is 0 Å². The van der Waals surface area contributed by atoms with Gasteiger partial charge >= 0.3 is 0 Å². The SMILES string of the molecule is [B]CCCOc1ccc(S(=O)NCCN2CCc3ccccc32)cc1. The van der Waals surface area contributed by atoms with Crippen molar-refractivity contribution in [2.45, 2.75) is 24.1 Å². The van der Waals surface area contributed by atoms with E-state index in [1.54, 1.807) is 0 Å². The number of para-hydroxylation sites is 1. The number of benzene rings is 2. The van der Waals surface area contributed by atoms with Gasteiger partial charge in [0.2, 0.25) is 0 Å². The van der Waals surface area contributed by atoms with Crippen LogP contribution in [-0.4, -0.2) is 38.3 Å². The van der Waals surface area contributed by atoms with Gasteiger partial charge in [-0.05, 0) is 48.7 Å². The van der Waals surface area contributed by atoms with Gasteiger partial charge in [0, 0.05) is 25.3 Å². The minimum atomic E-state index is -1.21. The number of hydrogen-bond acceptors (Lipinski definition) is 3. The van der Waals surface area contributed by atoms with Crippen LogP contribution in [0.15, 0.2) is 53.4 Å². The molecule has 1 unspecified atom stereocenters. The van der Waals surface area contributed by atoms with Gasteiger partial charge in [-0.25, -0.2) is 8.93 Å². The topological polar surface area (TPSA) is 41.6 Å². The fourth-order valence-electron chi connectivity index (χ4n) is 2.93. The quantitative estimate of drug-likeness (QED) is 0.556. The molecule has 2 aromatic carbocycles. The molecule has 1 N–H and O–H groups in total. The molecule has 1 heterocycles. The zero-order valence-electron chi connectivity index (χ0n) is 14.3. The van der Waals surface area contributed by atoms with E-state index in [4.69, 9.17) is 12.6 Å². The number of hydrogen-bond donors (Lipinski definition) is 1. The fraction of sp³-hybridized carbons (Fsp3) is 0.368. The maximum absolute atomic E-state index is 12.4. The second kappa shape index (κ2) is 9.06. The average molecular weight is 354 g/mol. The van der Waals surface area contributed by atoms with Gasteiger partial charge < -0.3 is 9.64 Å². The lowest BCUT2D eigenvalue weighted by atomic mass is 10.0. The number of fused-ring (bicyclic) bond motifs is 1. The maximum atomic E-state index is 12.4. The third-order valence-corrected chi connectivity index (χ3v) is 5.42. The first kappa shape index (κ1) is 18.0. The molecule has 4 nitrogen and oxygen atoms in total. The van der Waals surface area contributed by atoms with Crippen molar-refractivity contribution in [2.24, 2.45) is 0 Å². The summed E-state index contributed by atoms with van der Waals surface area (Å²) in [5, 5.41) is 0. The van der Waals surface area contributed by atoms with Crippen molar-refractivity contribution in [1.29, 1.82) is 0 Å². The highest BCUT2D eigenvalue weighted by atomic mass is 32.2. The Morgan fingerprint density at radius 1 is 1.16 bits per heavy atom. The number of anilines is 1. The molecule has 1 aliphatic heterocycles. The van der Waals surface area contributed by atoms with E-state index in [0.717, 1.165) is 36.6 Å². The summed E-state index contributed by atoms with van der Waals surface area (Å²) < 4.78 is 21.0. The van der Waals surface area contributed by atoms with E-state index in [0.29, 0.717) is 19.5 Å². The van der Waals surface area contributed by atoms with Gasteiger partial charge in [0.1, 0.15) is 16.7 Å². The summed E-state index contributed by atoms with van der Waals surface area (Å²) in [6, 6.07) is 15.9. The number of nitrogens with one attached hydrogen (secondary N) is 1. The van der Waals surface area contributed by atoms with E-state index in [9.17, 15) is 4.21 Å². The highest BCUT2D eigenvalue weighted by Gasteiger charge is 2.17. The van der Waals surface area contributed by atoms with Crippen molar-refractivity contribution in [3.05, 3.63) is 54.1 Å². The minimum Gasteiger partial charge on any atom is -0.494 e. The molecule has 25 heavy (non-hydrogen) atoms. The summed E-state index contributed by atoms with van der Waals surface area (Å²) in [6.45, 7) is 3.16. The third-order valence-electron chi connectivity index (χ3n) is 4.25. The van der Waals surface area contributed by atoms with E-state index in [1.807, 2.05) is 24.3 Å². The fourth-order valence-corrected chi connectivity index (χ4v) is 3.75. The second-order valence-corrected chi connectivity index (χ2v) is 7.29. The number of nitrogens with zero attached hydrogens (tertiary/aromatic N) is 1. The Morgan fingerprint density at radius 3 is 2.76 bits per heavy atom. The highest BCUT2D eigenvalue weighted by Crippen LogP contribution is 2.26. The van der Waals surface area contributed by atoms with Crippen molar-refractivity contribution < 1.29 is 8.95 Å². The Hall–Kier alpha value is -1.79. The molecular weight excluding hydrogens is 331 g/mol. The molecule has 0 saturated heterocycles. The first-order chi connectivity index (χ1) is 12.3. The van der Waals surface area contributed by atoms with E-state index in [1.165, 1.54) is 11.3 Å². The Bertz CT molecular complexity index is 709. The molecule has 0 fully saturated rings. The smallest absolute Gasteiger partial charge is 0.124 e. The van der Waals surface area contributed by atoms with Crippen LogP contribution in [0.4, 0.5) is 5.69 Å². The van der Waals surface area contributed by atoms with Crippen molar-refractivity contribution in [1.82, 2.24) is 4.72 Å². The molecule has 2 aromatic rings. The van der Waals surface area contributed by atoms with Crippen LogP contribution < -0.4 is 14.4 Å². The predicted molar refractivity (Wildman–Crippen MR) is 104 cm³/mol. The summed E-state index contributed by atoms with van der Waals surface area (Å²) in [5.74, 6) is 0.780. The summed E-state index contributed by atoms with van der Waals surface area (Å²) >= 11 is 0. The van der Waals surface area contributed by atoms with Crippen LogP contribution in [0, 0.1) is 0 Å². The Labute approximate surface area is 153 Å². The summed E-state index contributed by atoms with van der Waals surface area (Å²) in [5.41, 5.74) is 2.70. The van der Waals surface area contributed by atoms with Gasteiger partial charge in [0.15, 0.2) is 0 Å². The molecule has 2 radical (unpaired) electrons. The summed E-state index contributed by atoms with van der Waals surface area (Å²) in [6.07, 6.45) is 2.53. The Balaban J connectivity index is 1.45. The lowest BCUT2D eigenvalue weighted by Crippen LogP contribution is -2.31. The van der Waals surface area contributed by atoms with Crippen molar-refractivity contribution in [3.8, 4) is 5.75 Å². The van der Waals surface area contributed by atoms with Crippen molar-refractivity contribution in [3.63, 3.8) is 0 Å². The average Bonchev–Trinajstić information content (AvgIpc) is 3.06. The van der Waals surface area contributed by atoms with Gasteiger partial charge in [0.05, 0.1) is 19.3 Å². The molecule has 1 aliphatic rings. The first-order valence-corrected chi connectivity index (χ1v) is 9.84. The van der Waals surface area contributed by atoms with Gasteiger partial charge in [0.25, 0.3) is 0 Å². The largest absolute Gasteiger partial charge is 0.494 e. The monoisotopic (exact) mass is 354 g/mol. The van der Waals surface area contributed by atoms with Crippen LogP contribution in [0.3, 0.4) is 0 Å². The molecule has 0 bridgehead atoms. The zero-order chi connectivity index (χ0) is 17.5. The molecule has 0 aromatic heterocycles. The van der Waals surface area contributed by atoms with Crippen molar-refractivity contribution >= 4 is 24.5 Å². The van der Waals surface area contributed by atoms with Gasteiger partial charge in [-0.15, -0.1) is 0 Å². The molecule has 6 heteroatoms. The molecule has 3 rings (SSSR count). The lowest BCUT2D eigenvalue weighted by Gasteiger charge is -2.19. The highest BCUT2D eigenvalue weighted by molar-refractivity contribution is 7.83. The predicted octanol–water partition coefficient (Wildman–Crippen LogP) is 2.72.